The highest BCUT2D eigenvalue weighted by Crippen LogP contribution is 2.06. The summed E-state index contributed by atoms with van der Waals surface area (Å²) in [5.74, 6) is 0. The van der Waals surface area contributed by atoms with Crippen molar-refractivity contribution in [1.29, 1.82) is 0 Å². The fourth-order valence-electron chi connectivity index (χ4n) is 1.95. The minimum absolute atomic E-state index is 1.10. The lowest BCUT2D eigenvalue weighted by molar-refractivity contribution is -0.870. The van der Waals surface area contributed by atoms with Crippen LogP contribution >= 0.6 is 0 Å². The molecule has 0 heterocycles. The van der Waals surface area contributed by atoms with Crippen LogP contribution in [0.1, 0.15) is 64.7 Å². The maximum atomic E-state index is 2.39. The highest BCUT2D eigenvalue weighted by Gasteiger charge is 2.04. The van der Waals surface area contributed by atoms with E-state index in [1.54, 1.807) is 0 Å². The van der Waals surface area contributed by atoms with E-state index in [4.69, 9.17) is 0 Å². The summed E-state index contributed by atoms with van der Waals surface area (Å²) in [5, 5.41) is 0. The predicted molar refractivity (Wildman–Crippen MR) is 79.3 cm³/mol. The molecule has 0 radical (unpaired) electrons. The van der Waals surface area contributed by atoms with Gasteiger partial charge in [-0.05, 0) is 32.1 Å². The van der Waals surface area contributed by atoms with Crippen molar-refractivity contribution in [2.24, 2.45) is 0 Å². The van der Waals surface area contributed by atoms with E-state index in [1.165, 1.54) is 64.3 Å². The molecule has 0 fully saturated rings. The van der Waals surface area contributed by atoms with Gasteiger partial charge in [0.15, 0.2) is 0 Å². The molecule has 0 aliphatic rings. The van der Waals surface area contributed by atoms with Crippen molar-refractivity contribution in [2.75, 3.05) is 27.7 Å². The summed E-state index contributed by atoms with van der Waals surface area (Å²) in [7, 11) is 6.81. The van der Waals surface area contributed by atoms with E-state index >= 15 is 0 Å². The van der Waals surface area contributed by atoms with Crippen LogP contribution in [0, 0.1) is 0 Å². The quantitative estimate of drug-likeness (QED) is 0.277. The standard InChI is InChI=1S/C16H34N/c1-5-6-7-8-9-10-11-12-13-14-15-16-17(2,3)4/h11-12H,5-10,13-16H2,1-4H3/q+1/b12-11+. The highest BCUT2D eigenvalue weighted by molar-refractivity contribution is 4.81. The Morgan fingerprint density at radius 2 is 1.24 bits per heavy atom. The fourth-order valence-corrected chi connectivity index (χ4v) is 1.95. The number of hydrogen-bond donors (Lipinski definition) is 0. The zero-order chi connectivity index (χ0) is 13.0. The van der Waals surface area contributed by atoms with Gasteiger partial charge in [-0.3, -0.25) is 0 Å². The molecule has 0 aromatic rings. The van der Waals surface area contributed by atoms with Crippen LogP contribution in [0.2, 0.25) is 0 Å². The van der Waals surface area contributed by atoms with Gasteiger partial charge in [-0.1, -0.05) is 44.8 Å². The molecule has 17 heavy (non-hydrogen) atoms. The Bertz CT molecular complexity index is 176. The smallest absolute Gasteiger partial charge is 0.0780 e. The van der Waals surface area contributed by atoms with Crippen molar-refractivity contribution in [3.05, 3.63) is 12.2 Å². The number of nitrogens with zero attached hydrogens (tertiary/aromatic N) is 1. The number of unbranched alkanes of at least 4 members (excludes halogenated alkanes) is 7. The average molecular weight is 240 g/mol. The predicted octanol–water partition coefficient (Wildman–Crippen LogP) is 4.78. The van der Waals surface area contributed by atoms with Crippen LogP contribution in [0.4, 0.5) is 0 Å². The van der Waals surface area contributed by atoms with E-state index in [9.17, 15) is 0 Å². The second kappa shape index (κ2) is 10.8. The second-order valence-electron chi connectivity index (χ2n) is 6.18. The summed E-state index contributed by atoms with van der Waals surface area (Å²) >= 11 is 0. The van der Waals surface area contributed by atoms with Crippen molar-refractivity contribution in [1.82, 2.24) is 0 Å². The Kier molecular flexibility index (Phi) is 10.6. The first kappa shape index (κ1) is 16.7. The van der Waals surface area contributed by atoms with Crippen molar-refractivity contribution in [2.45, 2.75) is 64.7 Å². The second-order valence-corrected chi connectivity index (χ2v) is 6.18. The minimum Gasteiger partial charge on any atom is -0.331 e. The molecule has 0 aromatic carbocycles. The third-order valence-corrected chi connectivity index (χ3v) is 3.09. The topological polar surface area (TPSA) is 0 Å². The van der Waals surface area contributed by atoms with E-state index in [2.05, 4.69) is 40.2 Å². The Balaban J connectivity index is 3.15. The molecule has 0 aromatic heterocycles. The third kappa shape index (κ3) is 15.7. The molecular formula is C16H34N+. The molecule has 0 bridgehead atoms. The van der Waals surface area contributed by atoms with Crippen LogP contribution in [-0.4, -0.2) is 32.2 Å². The molecule has 0 saturated carbocycles. The summed E-state index contributed by atoms with van der Waals surface area (Å²) in [4.78, 5) is 0. The van der Waals surface area contributed by atoms with Gasteiger partial charge in [-0.25, -0.2) is 0 Å². The van der Waals surface area contributed by atoms with Gasteiger partial charge in [0.2, 0.25) is 0 Å². The molecule has 1 heteroatoms. The van der Waals surface area contributed by atoms with Gasteiger partial charge in [0.1, 0.15) is 0 Å². The SMILES string of the molecule is CCCCCCC/C=C/CCCC[N+](C)(C)C. The molecule has 0 unspecified atom stereocenters. The molecule has 0 N–H and O–H groups in total. The normalized spacial score (nSPS) is 12.5. The number of rotatable bonds is 11. The van der Waals surface area contributed by atoms with Gasteiger partial charge in [-0.2, -0.15) is 0 Å². The van der Waals surface area contributed by atoms with E-state index in [-0.39, 0.29) is 0 Å². The first-order valence-corrected chi connectivity index (χ1v) is 7.51. The van der Waals surface area contributed by atoms with Gasteiger partial charge < -0.3 is 4.48 Å². The lowest BCUT2D eigenvalue weighted by atomic mass is 10.1. The third-order valence-electron chi connectivity index (χ3n) is 3.09. The van der Waals surface area contributed by atoms with Gasteiger partial charge in [0.25, 0.3) is 0 Å². The summed E-state index contributed by atoms with van der Waals surface area (Å²) in [6, 6.07) is 0. The van der Waals surface area contributed by atoms with Crippen LogP contribution in [0.25, 0.3) is 0 Å². The lowest BCUT2D eigenvalue weighted by Gasteiger charge is -2.23. The first-order chi connectivity index (χ1) is 8.06. The minimum atomic E-state index is 1.10. The molecule has 0 atom stereocenters. The molecule has 0 aliphatic carbocycles. The molecule has 0 aliphatic heterocycles. The number of allylic oxidation sites excluding steroid dienone is 2. The molecule has 0 saturated heterocycles. The summed E-state index contributed by atoms with van der Waals surface area (Å²) in [6.45, 7) is 3.57. The molecule has 1 nitrogen and oxygen atoms in total. The molecule has 102 valence electrons. The zero-order valence-electron chi connectivity index (χ0n) is 12.7. The van der Waals surface area contributed by atoms with Crippen LogP contribution in [-0.2, 0) is 0 Å². The molecule has 0 rings (SSSR count). The Labute approximate surface area is 109 Å². The van der Waals surface area contributed by atoms with Gasteiger partial charge in [-0.15, -0.1) is 0 Å². The fraction of sp³-hybridized carbons (Fsp3) is 0.875. The van der Waals surface area contributed by atoms with E-state index in [1.807, 2.05) is 0 Å². The average Bonchev–Trinajstić information content (AvgIpc) is 2.24. The van der Waals surface area contributed by atoms with Crippen LogP contribution in [0.15, 0.2) is 12.2 Å². The number of quaternary nitrogens is 1. The maximum Gasteiger partial charge on any atom is 0.0780 e. The van der Waals surface area contributed by atoms with E-state index < -0.39 is 0 Å². The van der Waals surface area contributed by atoms with Crippen LogP contribution in [0.3, 0.4) is 0 Å². The number of hydrogen-bond acceptors (Lipinski definition) is 0. The Morgan fingerprint density at radius 3 is 1.76 bits per heavy atom. The Hall–Kier alpha value is -0.300. The summed E-state index contributed by atoms with van der Waals surface area (Å²) in [5.41, 5.74) is 0. The van der Waals surface area contributed by atoms with Crippen molar-refractivity contribution >= 4 is 0 Å². The van der Waals surface area contributed by atoms with Crippen molar-refractivity contribution in [3.63, 3.8) is 0 Å². The van der Waals surface area contributed by atoms with Gasteiger partial charge in [0.05, 0.1) is 27.7 Å². The first-order valence-electron chi connectivity index (χ1n) is 7.51. The maximum absolute atomic E-state index is 2.39. The molecular weight excluding hydrogens is 206 g/mol. The highest BCUT2D eigenvalue weighted by atomic mass is 15.3. The van der Waals surface area contributed by atoms with Crippen molar-refractivity contribution < 1.29 is 4.48 Å². The van der Waals surface area contributed by atoms with E-state index in [0.29, 0.717) is 0 Å². The zero-order valence-corrected chi connectivity index (χ0v) is 12.7. The summed E-state index contributed by atoms with van der Waals surface area (Å²) < 4.78 is 1.10. The molecule has 0 spiro atoms. The van der Waals surface area contributed by atoms with Gasteiger partial charge >= 0.3 is 0 Å². The van der Waals surface area contributed by atoms with Crippen LogP contribution in [0.5, 0.6) is 0 Å². The lowest BCUT2D eigenvalue weighted by Crippen LogP contribution is -2.35. The largest absolute Gasteiger partial charge is 0.331 e. The monoisotopic (exact) mass is 240 g/mol. The summed E-state index contributed by atoms with van der Waals surface area (Å²) in [6.07, 6.45) is 17.0. The van der Waals surface area contributed by atoms with Gasteiger partial charge in [0, 0.05) is 0 Å². The molecule has 0 amide bonds. The van der Waals surface area contributed by atoms with E-state index in [0.717, 1.165) is 4.48 Å². The Morgan fingerprint density at radius 1 is 0.706 bits per heavy atom. The van der Waals surface area contributed by atoms with Crippen molar-refractivity contribution in [3.8, 4) is 0 Å². The van der Waals surface area contributed by atoms with Crippen LogP contribution < -0.4 is 0 Å².